The van der Waals surface area contributed by atoms with Crippen LogP contribution in [0.15, 0.2) is 66.7 Å². The summed E-state index contributed by atoms with van der Waals surface area (Å²) < 4.78 is 5.37. The predicted molar refractivity (Wildman–Crippen MR) is 165 cm³/mol. The van der Waals surface area contributed by atoms with E-state index in [1.807, 2.05) is 94.4 Å². The maximum atomic E-state index is 12.9. The molecule has 0 unspecified atom stereocenters. The van der Waals surface area contributed by atoms with Gasteiger partial charge in [0.1, 0.15) is 5.60 Å². The summed E-state index contributed by atoms with van der Waals surface area (Å²) in [7, 11) is 0. The number of hydrogen-bond acceptors (Lipinski definition) is 5. The first-order chi connectivity index (χ1) is 20.0. The number of anilines is 2. The monoisotopic (exact) mass is 568 g/mol. The van der Waals surface area contributed by atoms with Crippen LogP contribution in [0, 0.1) is 12.8 Å². The molecule has 1 aliphatic heterocycles. The Labute approximate surface area is 247 Å². The van der Waals surface area contributed by atoms with Crippen LogP contribution in [0.3, 0.4) is 0 Å². The number of nitrogens with one attached hydrogen (secondary N) is 3. The van der Waals surface area contributed by atoms with Crippen molar-refractivity contribution in [2.75, 3.05) is 23.7 Å². The number of benzene rings is 3. The number of carbonyl (C=O) groups excluding carboxylic acids is 3. The molecule has 1 saturated carbocycles. The van der Waals surface area contributed by atoms with E-state index in [1.54, 1.807) is 0 Å². The number of hydrogen-bond donors (Lipinski definition) is 3. The zero-order valence-corrected chi connectivity index (χ0v) is 24.8. The Morgan fingerprint density at radius 3 is 2.24 bits per heavy atom. The minimum Gasteiger partial charge on any atom is -0.444 e. The second-order valence-electron chi connectivity index (χ2n) is 12.4. The van der Waals surface area contributed by atoms with Gasteiger partial charge in [0.2, 0.25) is 5.91 Å². The highest BCUT2D eigenvalue weighted by atomic mass is 16.6. The van der Waals surface area contributed by atoms with Gasteiger partial charge in [-0.05, 0) is 106 Å². The van der Waals surface area contributed by atoms with Gasteiger partial charge in [-0.2, -0.15) is 0 Å². The van der Waals surface area contributed by atoms with E-state index in [0.717, 1.165) is 72.5 Å². The minimum atomic E-state index is -0.509. The summed E-state index contributed by atoms with van der Waals surface area (Å²) in [5.41, 5.74) is 5.83. The van der Waals surface area contributed by atoms with Crippen molar-refractivity contribution in [2.24, 2.45) is 5.92 Å². The molecule has 0 bridgehead atoms. The van der Waals surface area contributed by atoms with Crippen LogP contribution < -0.4 is 16.0 Å². The maximum absolute atomic E-state index is 12.9. The molecule has 0 aromatic heterocycles. The van der Waals surface area contributed by atoms with Crippen LogP contribution in [0.25, 0.3) is 11.1 Å². The maximum Gasteiger partial charge on any atom is 0.407 e. The first kappa shape index (κ1) is 29.3. The molecule has 1 heterocycles. The summed E-state index contributed by atoms with van der Waals surface area (Å²) in [5, 5.41) is 8.96. The van der Waals surface area contributed by atoms with Gasteiger partial charge in [0.25, 0.3) is 5.91 Å². The van der Waals surface area contributed by atoms with Crippen LogP contribution in [0.2, 0.25) is 0 Å². The summed E-state index contributed by atoms with van der Waals surface area (Å²) in [5.74, 6) is 0.0607. The lowest BCUT2D eigenvalue weighted by Crippen LogP contribution is -2.40. The van der Waals surface area contributed by atoms with E-state index >= 15 is 0 Å². The van der Waals surface area contributed by atoms with E-state index in [2.05, 4.69) is 20.9 Å². The van der Waals surface area contributed by atoms with Crippen molar-refractivity contribution in [3.63, 3.8) is 0 Å². The fourth-order valence-corrected chi connectivity index (χ4v) is 5.13. The number of aryl methyl sites for hydroxylation is 1. The highest BCUT2D eigenvalue weighted by Crippen LogP contribution is 2.32. The fraction of sp³-hybridized carbons (Fsp3) is 0.382. The van der Waals surface area contributed by atoms with Gasteiger partial charge in [-0.1, -0.05) is 30.3 Å². The molecule has 1 saturated heterocycles. The molecule has 1 aliphatic carbocycles. The summed E-state index contributed by atoms with van der Waals surface area (Å²) in [4.78, 5) is 39.5. The van der Waals surface area contributed by atoms with Crippen LogP contribution in [-0.2, 0) is 16.1 Å². The van der Waals surface area contributed by atoms with Crippen molar-refractivity contribution in [3.05, 3.63) is 83.4 Å². The first-order valence-electron chi connectivity index (χ1n) is 14.7. The van der Waals surface area contributed by atoms with Crippen LogP contribution in [0.1, 0.15) is 61.5 Å². The van der Waals surface area contributed by atoms with Crippen LogP contribution in [0.4, 0.5) is 16.2 Å². The van der Waals surface area contributed by atoms with Gasteiger partial charge in [-0.25, -0.2) is 4.79 Å². The largest absolute Gasteiger partial charge is 0.444 e. The van der Waals surface area contributed by atoms with Gasteiger partial charge in [0.15, 0.2) is 0 Å². The molecule has 220 valence electrons. The third kappa shape index (κ3) is 7.97. The molecule has 3 amide bonds. The molecule has 3 aromatic rings. The lowest BCUT2D eigenvalue weighted by molar-refractivity contribution is -0.117. The van der Waals surface area contributed by atoms with Crippen molar-refractivity contribution in [2.45, 2.75) is 65.1 Å². The zero-order valence-electron chi connectivity index (χ0n) is 24.8. The molecule has 3 aromatic carbocycles. The highest BCUT2D eigenvalue weighted by Gasteiger charge is 2.29. The van der Waals surface area contributed by atoms with Crippen LogP contribution >= 0.6 is 0 Å². The van der Waals surface area contributed by atoms with Gasteiger partial charge < -0.3 is 20.7 Å². The molecule has 8 nitrogen and oxygen atoms in total. The average Bonchev–Trinajstić information content (AvgIpc) is 3.71. The number of ether oxygens (including phenoxy) is 1. The number of alkyl carbamates (subject to hydrolysis) is 1. The van der Waals surface area contributed by atoms with E-state index < -0.39 is 5.60 Å². The molecule has 3 N–H and O–H groups in total. The number of nitrogens with zero attached hydrogens (tertiary/aromatic N) is 1. The van der Waals surface area contributed by atoms with Crippen LogP contribution in [-0.4, -0.2) is 47.5 Å². The van der Waals surface area contributed by atoms with E-state index in [9.17, 15) is 14.4 Å². The molecule has 0 spiro atoms. The molecule has 5 rings (SSSR count). The fourth-order valence-electron chi connectivity index (χ4n) is 5.13. The summed E-state index contributed by atoms with van der Waals surface area (Å²) in [6.07, 6.45) is 2.44. The van der Waals surface area contributed by atoms with Crippen LogP contribution in [0.5, 0.6) is 0 Å². The Morgan fingerprint density at radius 2 is 1.57 bits per heavy atom. The molecule has 42 heavy (non-hydrogen) atoms. The number of likely N-dealkylation sites (tertiary alicyclic amines) is 1. The first-order valence-corrected chi connectivity index (χ1v) is 14.7. The molecule has 1 atom stereocenters. The second-order valence-corrected chi connectivity index (χ2v) is 12.4. The van der Waals surface area contributed by atoms with E-state index in [4.69, 9.17) is 4.74 Å². The smallest absolute Gasteiger partial charge is 0.407 e. The Morgan fingerprint density at radius 1 is 0.881 bits per heavy atom. The van der Waals surface area contributed by atoms with Gasteiger partial charge in [-0.3, -0.25) is 14.5 Å². The SMILES string of the molecule is Cc1ccc(NC(=O)C2CC2)cc1-c1ccc(C(=O)Nc2ccc(CN3CC[C@H](NC(=O)OC(C)(C)C)C3)cc2)cc1. The lowest BCUT2D eigenvalue weighted by Gasteiger charge is -2.22. The summed E-state index contributed by atoms with van der Waals surface area (Å²) >= 11 is 0. The zero-order chi connectivity index (χ0) is 29.9. The minimum absolute atomic E-state index is 0.0749. The van der Waals surface area contributed by atoms with Gasteiger partial charge in [0.05, 0.1) is 0 Å². The molecule has 0 radical (unpaired) electrons. The Kier molecular flexibility index (Phi) is 8.64. The standard InChI is InChI=1S/C34H40N4O4/c1-22-5-14-28(36-32(40)26-12-13-26)19-30(22)24-8-10-25(11-9-24)31(39)35-27-15-6-23(7-16-27)20-38-18-17-29(21-38)37-33(41)42-34(2,3)4/h5-11,14-16,19,26,29H,12-13,17-18,20-21H2,1-4H3,(H,35,39)(H,36,40)(H,37,41)/t29-/m0/s1. The predicted octanol–water partition coefficient (Wildman–Crippen LogP) is 6.36. The van der Waals surface area contributed by atoms with Crippen molar-refractivity contribution >= 4 is 29.3 Å². The van der Waals surface area contributed by atoms with Crippen molar-refractivity contribution in [1.29, 1.82) is 0 Å². The van der Waals surface area contributed by atoms with Gasteiger partial charge in [0, 0.05) is 48.5 Å². The Balaban J connectivity index is 1.13. The summed E-state index contributed by atoms with van der Waals surface area (Å²) in [6, 6.07) is 21.4. The number of rotatable bonds is 8. The summed E-state index contributed by atoms with van der Waals surface area (Å²) in [6.45, 7) is 10.0. The lowest BCUT2D eigenvalue weighted by atomic mass is 9.98. The molecular formula is C34H40N4O4. The topological polar surface area (TPSA) is 99.8 Å². The van der Waals surface area contributed by atoms with E-state index in [1.165, 1.54) is 0 Å². The van der Waals surface area contributed by atoms with Gasteiger partial charge >= 0.3 is 6.09 Å². The normalized spacial score (nSPS) is 17.0. The second kappa shape index (κ2) is 12.4. The molecule has 2 fully saturated rings. The average molecular weight is 569 g/mol. The number of amides is 3. The van der Waals surface area contributed by atoms with E-state index in [-0.39, 0.29) is 29.9 Å². The van der Waals surface area contributed by atoms with Crippen molar-refractivity contribution in [1.82, 2.24) is 10.2 Å². The molecule has 2 aliphatic rings. The van der Waals surface area contributed by atoms with Crippen molar-refractivity contribution in [3.8, 4) is 11.1 Å². The Hall–Kier alpha value is -4.17. The Bertz CT molecular complexity index is 1440. The third-order valence-corrected chi connectivity index (χ3v) is 7.52. The molecular weight excluding hydrogens is 528 g/mol. The van der Waals surface area contributed by atoms with E-state index in [0.29, 0.717) is 5.56 Å². The molecule has 8 heteroatoms. The number of carbonyl (C=O) groups is 3. The van der Waals surface area contributed by atoms with Gasteiger partial charge in [-0.15, -0.1) is 0 Å². The highest BCUT2D eigenvalue weighted by molar-refractivity contribution is 6.04. The third-order valence-electron chi connectivity index (χ3n) is 7.52. The quantitative estimate of drug-likeness (QED) is 0.294. The van der Waals surface area contributed by atoms with Crippen molar-refractivity contribution < 1.29 is 19.1 Å².